The topological polar surface area (TPSA) is 68.0 Å². The minimum Gasteiger partial charge on any atom is -0.323 e. The van der Waals surface area contributed by atoms with Crippen LogP contribution in [0.15, 0.2) is 12.1 Å². The summed E-state index contributed by atoms with van der Waals surface area (Å²) in [6.07, 6.45) is 0. The Morgan fingerprint density at radius 1 is 1.47 bits per heavy atom. The molecule has 0 aromatic carbocycles. The number of hydrogen-bond acceptors (Lipinski definition) is 3. The molecule has 1 aromatic rings. The van der Waals surface area contributed by atoms with Gasteiger partial charge in [-0.05, 0) is 24.5 Å². The van der Waals surface area contributed by atoms with Crippen molar-refractivity contribution in [1.29, 1.82) is 0 Å². The molecule has 0 radical (unpaired) electrons. The van der Waals surface area contributed by atoms with Crippen molar-refractivity contribution < 1.29 is 4.79 Å². The molecule has 0 aliphatic rings. The van der Waals surface area contributed by atoms with E-state index in [1.807, 2.05) is 20.8 Å². The highest BCUT2D eigenvalue weighted by atomic mass is 35.5. The molecule has 1 heterocycles. The number of halogens is 1. The fourth-order valence-corrected chi connectivity index (χ4v) is 1.46. The van der Waals surface area contributed by atoms with E-state index >= 15 is 0 Å². The highest BCUT2D eigenvalue weighted by Gasteiger charge is 2.27. The van der Waals surface area contributed by atoms with Crippen LogP contribution in [0.3, 0.4) is 0 Å². The van der Waals surface area contributed by atoms with E-state index in [1.54, 1.807) is 19.1 Å². The minimum absolute atomic E-state index is 0.218. The van der Waals surface area contributed by atoms with E-state index in [-0.39, 0.29) is 11.3 Å². The zero-order valence-corrected chi connectivity index (χ0v) is 11.3. The molecule has 0 unspecified atom stereocenters. The number of amides is 1. The number of anilines is 1. The first kappa shape index (κ1) is 13.9. The number of carbonyl (C=O) groups is 1. The van der Waals surface area contributed by atoms with E-state index in [2.05, 4.69) is 10.3 Å². The fraction of sp³-hybridized carbons (Fsp3) is 0.500. The standard InChI is InChI=1S/C12H18ClN3O/c1-7-8(5-6-9(13)15-7)16-11(17)10(14)12(2,3)4/h5-6,10H,14H2,1-4H3,(H,16,17)/t10-/m0/s1. The van der Waals surface area contributed by atoms with Crippen LogP contribution in [-0.4, -0.2) is 16.9 Å². The first-order chi connectivity index (χ1) is 7.71. The van der Waals surface area contributed by atoms with Gasteiger partial charge in [0.15, 0.2) is 0 Å². The normalized spacial score (nSPS) is 13.3. The molecule has 5 heteroatoms. The summed E-state index contributed by atoms with van der Waals surface area (Å²) in [4.78, 5) is 16.0. The fourth-order valence-electron chi connectivity index (χ4n) is 1.27. The Morgan fingerprint density at radius 3 is 2.53 bits per heavy atom. The van der Waals surface area contributed by atoms with Crippen LogP contribution in [0.1, 0.15) is 26.5 Å². The molecule has 0 spiro atoms. The molecule has 4 nitrogen and oxygen atoms in total. The highest BCUT2D eigenvalue weighted by molar-refractivity contribution is 6.29. The van der Waals surface area contributed by atoms with Crippen LogP contribution in [0.2, 0.25) is 5.15 Å². The van der Waals surface area contributed by atoms with Crippen LogP contribution in [0.5, 0.6) is 0 Å². The van der Waals surface area contributed by atoms with Crippen LogP contribution in [-0.2, 0) is 4.79 Å². The molecule has 0 saturated heterocycles. The van der Waals surface area contributed by atoms with Gasteiger partial charge in [0.25, 0.3) is 0 Å². The molecule has 0 aliphatic heterocycles. The number of aryl methyl sites for hydroxylation is 1. The average molecular weight is 256 g/mol. The lowest BCUT2D eigenvalue weighted by molar-refractivity contribution is -0.119. The number of aromatic nitrogens is 1. The van der Waals surface area contributed by atoms with Crippen molar-refractivity contribution in [2.24, 2.45) is 11.1 Å². The molecule has 0 saturated carbocycles. The molecule has 1 aromatic heterocycles. The summed E-state index contributed by atoms with van der Waals surface area (Å²) in [5.41, 5.74) is 6.89. The van der Waals surface area contributed by atoms with Crippen molar-refractivity contribution in [3.63, 3.8) is 0 Å². The number of nitrogens with zero attached hydrogens (tertiary/aromatic N) is 1. The number of pyridine rings is 1. The maximum Gasteiger partial charge on any atom is 0.241 e. The van der Waals surface area contributed by atoms with Crippen LogP contribution < -0.4 is 11.1 Å². The van der Waals surface area contributed by atoms with E-state index in [0.29, 0.717) is 16.5 Å². The zero-order chi connectivity index (χ0) is 13.2. The van der Waals surface area contributed by atoms with Gasteiger partial charge in [-0.15, -0.1) is 0 Å². The number of rotatable bonds is 2. The summed E-state index contributed by atoms with van der Waals surface area (Å²) in [5.74, 6) is -0.218. The summed E-state index contributed by atoms with van der Waals surface area (Å²) >= 11 is 5.74. The molecular formula is C12H18ClN3O. The van der Waals surface area contributed by atoms with Crippen molar-refractivity contribution in [3.05, 3.63) is 23.0 Å². The van der Waals surface area contributed by atoms with Gasteiger partial charge in [-0.1, -0.05) is 32.4 Å². The van der Waals surface area contributed by atoms with Gasteiger partial charge in [0, 0.05) is 0 Å². The Kier molecular flexibility index (Phi) is 4.11. The molecule has 17 heavy (non-hydrogen) atoms. The number of hydrogen-bond donors (Lipinski definition) is 2. The third-order valence-corrected chi connectivity index (χ3v) is 2.74. The molecule has 0 aliphatic carbocycles. The summed E-state index contributed by atoms with van der Waals surface area (Å²) in [7, 11) is 0. The summed E-state index contributed by atoms with van der Waals surface area (Å²) < 4.78 is 0. The van der Waals surface area contributed by atoms with Crippen LogP contribution in [0.4, 0.5) is 5.69 Å². The monoisotopic (exact) mass is 255 g/mol. The third-order valence-electron chi connectivity index (χ3n) is 2.53. The van der Waals surface area contributed by atoms with Gasteiger partial charge in [-0.3, -0.25) is 4.79 Å². The minimum atomic E-state index is -0.572. The lowest BCUT2D eigenvalue weighted by Gasteiger charge is -2.26. The summed E-state index contributed by atoms with van der Waals surface area (Å²) in [6, 6.07) is 2.78. The maximum atomic E-state index is 11.9. The predicted molar refractivity (Wildman–Crippen MR) is 70.0 cm³/mol. The van der Waals surface area contributed by atoms with Gasteiger partial charge in [-0.2, -0.15) is 0 Å². The predicted octanol–water partition coefficient (Wildman–Crippen LogP) is 2.36. The van der Waals surface area contributed by atoms with Gasteiger partial charge in [-0.25, -0.2) is 4.98 Å². The second-order valence-electron chi connectivity index (χ2n) is 5.10. The second-order valence-corrected chi connectivity index (χ2v) is 5.49. The Balaban J connectivity index is 2.82. The highest BCUT2D eigenvalue weighted by Crippen LogP contribution is 2.20. The van der Waals surface area contributed by atoms with Crippen LogP contribution >= 0.6 is 11.6 Å². The van der Waals surface area contributed by atoms with Gasteiger partial charge in [0.1, 0.15) is 5.15 Å². The van der Waals surface area contributed by atoms with Crippen molar-refractivity contribution in [2.45, 2.75) is 33.7 Å². The number of carbonyl (C=O) groups excluding carboxylic acids is 1. The lowest BCUT2D eigenvalue weighted by Crippen LogP contribution is -2.45. The van der Waals surface area contributed by atoms with E-state index in [1.165, 1.54) is 0 Å². The summed E-state index contributed by atoms with van der Waals surface area (Å²) in [6.45, 7) is 7.54. The van der Waals surface area contributed by atoms with Gasteiger partial charge >= 0.3 is 0 Å². The van der Waals surface area contributed by atoms with E-state index < -0.39 is 6.04 Å². The second kappa shape index (κ2) is 5.02. The average Bonchev–Trinajstić information content (AvgIpc) is 2.19. The Hall–Kier alpha value is -1.13. The van der Waals surface area contributed by atoms with Crippen LogP contribution in [0.25, 0.3) is 0 Å². The van der Waals surface area contributed by atoms with Crippen molar-refractivity contribution in [2.75, 3.05) is 5.32 Å². The van der Waals surface area contributed by atoms with Gasteiger partial charge in [0.2, 0.25) is 5.91 Å². The zero-order valence-electron chi connectivity index (χ0n) is 10.5. The van der Waals surface area contributed by atoms with Crippen LogP contribution in [0, 0.1) is 12.3 Å². The first-order valence-corrected chi connectivity index (χ1v) is 5.79. The molecule has 1 amide bonds. The molecule has 0 bridgehead atoms. The molecule has 94 valence electrons. The molecule has 0 fully saturated rings. The summed E-state index contributed by atoms with van der Waals surface area (Å²) in [5, 5.41) is 3.16. The van der Waals surface area contributed by atoms with Crippen molar-refractivity contribution >= 4 is 23.2 Å². The molecule has 1 atom stereocenters. The van der Waals surface area contributed by atoms with Crippen molar-refractivity contribution in [3.8, 4) is 0 Å². The molecule has 1 rings (SSSR count). The number of nitrogens with two attached hydrogens (primary N) is 1. The molecular weight excluding hydrogens is 238 g/mol. The first-order valence-electron chi connectivity index (χ1n) is 5.41. The van der Waals surface area contributed by atoms with Crippen molar-refractivity contribution in [1.82, 2.24) is 4.98 Å². The Bertz CT molecular complexity index is 426. The van der Waals surface area contributed by atoms with E-state index in [9.17, 15) is 4.79 Å². The Morgan fingerprint density at radius 2 is 2.06 bits per heavy atom. The Labute approximate surface area is 107 Å². The largest absolute Gasteiger partial charge is 0.323 e. The molecule has 3 N–H and O–H groups in total. The SMILES string of the molecule is Cc1nc(Cl)ccc1NC(=O)[C@H](N)C(C)(C)C. The van der Waals surface area contributed by atoms with Gasteiger partial charge in [0.05, 0.1) is 17.4 Å². The smallest absolute Gasteiger partial charge is 0.241 e. The quantitative estimate of drug-likeness (QED) is 0.797. The van der Waals surface area contributed by atoms with E-state index in [4.69, 9.17) is 17.3 Å². The van der Waals surface area contributed by atoms with E-state index in [0.717, 1.165) is 0 Å². The lowest BCUT2D eigenvalue weighted by atomic mass is 9.87. The number of nitrogens with one attached hydrogen (secondary N) is 1. The maximum absolute atomic E-state index is 11.9. The van der Waals surface area contributed by atoms with Gasteiger partial charge < -0.3 is 11.1 Å². The third kappa shape index (κ3) is 3.68.